The molecule has 0 N–H and O–H groups in total. The number of rotatable bonds is 5. The summed E-state index contributed by atoms with van der Waals surface area (Å²) >= 11 is 0. The van der Waals surface area contributed by atoms with Gasteiger partial charge in [0.2, 0.25) is 5.88 Å². The molecule has 37 heavy (non-hydrogen) atoms. The van der Waals surface area contributed by atoms with Gasteiger partial charge in [-0.1, -0.05) is 0 Å². The van der Waals surface area contributed by atoms with E-state index in [9.17, 15) is 5.26 Å². The van der Waals surface area contributed by atoms with E-state index in [1.54, 1.807) is 7.11 Å². The molecule has 1 unspecified atom stereocenters. The summed E-state index contributed by atoms with van der Waals surface area (Å²) in [6.07, 6.45) is 9.16. The molecule has 0 aliphatic carbocycles. The highest BCUT2D eigenvalue weighted by atomic mass is 16.5. The van der Waals surface area contributed by atoms with Crippen molar-refractivity contribution in [2.24, 2.45) is 9.98 Å². The second-order valence-electron chi connectivity index (χ2n) is 10.4. The van der Waals surface area contributed by atoms with Gasteiger partial charge in [-0.2, -0.15) is 5.26 Å². The maximum atomic E-state index is 9.94. The van der Waals surface area contributed by atoms with Crippen LogP contribution in [0.4, 0.5) is 5.69 Å². The Labute approximate surface area is 218 Å². The van der Waals surface area contributed by atoms with Gasteiger partial charge in [-0.15, -0.1) is 5.10 Å². The summed E-state index contributed by atoms with van der Waals surface area (Å²) < 4.78 is 7.71. The van der Waals surface area contributed by atoms with Crippen molar-refractivity contribution >= 4 is 17.7 Å². The quantitative estimate of drug-likeness (QED) is 0.613. The van der Waals surface area contributed by atoms with Crippen LogP contribution in [0.5, 0.6) is 0 Å². The highest BCUT2D eigenvalue weighted by Crippen LogP contribution is 2.37. The number of aliphatic imine (C=N–C) groups is 2. The predicted molar refractivity (Wildman–Crippen MR) is 143 cm³/mol. The molecule has 0 spiro atoms. The Hall–Kier alpha value is -3.67. The van der Waals surface area contributed by atoms with E-state index in [0.717, 1.165) is 80.2 Å². The number of fused-ring (bicyclic) bond motifs is 1. The fourth-order valence-electron chi connectivity index (χ4n) is 5.99. The van der Waals surface area contributed by atoms with Crippen molar-refractivity contribution in [2.75, 3.05) is 31.6 Å². The van der Waals surface area contributed by atoms with Crippen LogP contribution in [0.15, 0.2) is 39.8 Å². The van der Waals surface area contributed by atoms with E-state index >= 15 is 0 Å². The largest absolute Gasteiger partial charge is 0.480 e. The van der Waals surface area contributed by atoms with Crippen LogP contribution in [-0.4, -0.2) is 64.5 Å². The van der Waals surface area contributed by atoms with E-state index in [-0.39, 0.29) is 12.0 Å². The average Bonchev–Trinajstić information content (AvgIpc) is 3.59. The lowest BCUT2D eigenvalue weighted by Gasteiger charge is -2.30. The zero-order valence-corrected chi connectivity index (χ0v) is 21.7. The van der Waals surface area contributed by atoms with E-state index in [4.69, 9.17) is 19.8 Å². The van der Waals surface area contributed by atoms with Crippen LogP contribution in [0.25, 0.3) is 0 Å². The molecular formula is C28H34N8O. The number of ether oxygens (including phenoxy) is 1. The number of nitrogens with zero attached hydrogens (tertiary/aromatic N) is 8. The first-order chi connectivity index (χ1) is 18.1. The van der Waals surface area contributed by atoms with Crippen molar-refractivity contribution in [1.29, 1.82) is 5.26 Å². The monoisotopic (exact) mass is 498 g/mol. The van der Waals surface area contributed by atoms with Gasteiger partial charge in [0.05, 0.1) is 42.5 Å². The number of aryl methyl sites for hydroxylation is 1. The molecule has 4 aliphatic heterocycles. The van der Waals surface area contributed by atoms with Gasteiger partial charge in [0.25, 0.3) is 0 Å². The average molecular weight is 499 g/mol. The fraction of sp³-hybridized carbons (Fsp3) is 0.536. The zero-order chi connectivity index (χ0) is 25.4. The fourth-order valence-corrected chi connectivity index (χ4v) is 5.99. The van der Waals surface area contributed by atoms with E-state index in [2.05, 4.69) is 39.9 Å². The smallest absolute Gasteiger partial charge is 0.233 e. The maximum Gasteiger partial charge on any atom is 0.233 e. The molecule has 0 saturated carbocycles. The van der Waals surface area contributed by atoms with Crippen molar-refractivity contribution in [3.8, 4) is 6.07 Å². The van der Waals surface area contributed by atoms with Crippen LogP contribution >= 0.6 is 0 Å². The van der Waals surface area contributed by atoms with Crippen LogP contribution in [0.2, 0.25) is 0 Å². The topological polar surface area (TPSA) is 94.9 Å². The van der Waals surface area contributed by atoms with Crippen molar-refractivity contribution in [1.82, 2.24) is 19.7 Å². The molecule has 1 fully saturated rings. The van der Waals surface area contributed by atoms with Crippen LogP contribution < -0.4 is 4.90 Å². The Morgan fingerprint density at radius 2 is 1.95 bits per heavy atom. The first-order valence-corrected chi connectivity index (χ1v) is 13.5. The van der Waals surface area contributed by atoms with Crippen molar-refractivity contribution in [2.45, 2.75) is 70.4 Å². The summed E-state index contributed by atoms with van der Waals surface area (Å²) in [5.74, 6) is 2.27. The number of hydrogen-bond acceptors (Lipinski definition) is 8. The number of hydrogen-bond donors (Lipinski definition) is 0. The van der Waals surface area contributed by atoms with Crippen molar-refractivity contribution < 1.29 is 4.74 Å². The Kier molecular flexibility index (Phi) is 6.41. The van der Waals surface area contributed by atoms with Crippen LogP contribution in [0.3, 0.4) is 0 Å². The Bertz CT molecular complexity index is 1310. The normalized spacial score (nSPS) is 23.6. The SMILES string of the molecule is COC1=C(N2C=NC(C)C2)CCC(c2nc3n(n2)CCC[C@H]3c2cc(N3CCCCC3)ccc2C#N)=N1. The second-order valence-corrected chi connectivity index (χ2v) is 10.4. The first-order valence-electron chi connectivity index (χ1n) is 13.5. The molecule has 9 heteroatoms. The van der Waals surface area contributed by atoms with Gasteiger partial charge in [-0.05, 0) is 75.6 Å². The summed E-state index contributed by atoms with van der Waals surface area (Å²) in [6.45, 7) is 5.95. The summed E-state index contributed by atoms with van der Waals surface area (Å²) in [6, 6.07) is 9.03. The third-order valence-corrected chi connectivity index (χ3v) is 7.93. The molecule has 6 rings (SSSR count). The molecule has 0 bridgehead atoms. The van der Waals surface area contributed by atoms with Gasteiger partial charge in [0.15, 0.2) is 5.82 Å². The summed E-state index contributed by atoms with van der Waals surface area (Å²) in [4.78, 5) is 19.0. The number of allylic oxidation sites excluding steroid dienone is 1. The standard InChI is InChI=1S/C28H34N8O/c1-19-17-35(18-30-19)25-11-10-24(31-28(25)37-2)26-32-27-22(7-6-14-36(27)33-26)23-15-21(9-8-20(23)16-29)34-12-4-3-5-13-34/h8-9,15,18-19,22H,3-7,10-14,17H2,1-2H3/t19?,22-/m0/s1. The molecule has 4 aliphatic rings. The highest BCUT2D eigenvalue weighted by Gasteiger charge is 2.31. The molecule has 192 valence electrons. The van der Waals surface area contributed by atoms with Crippen molar-refractivity contribution in [3.05, 3.63) is 52.6 Å². The van der Waals surface area contributed by atoms with Crippen LogP contribution in [0, 0.1) is 11.3 Å². The molecular weight excluding hydrogens is 464 g/mol. The molecule has 2 atom stereocenters. The number of nitriles is 1. The number of benzene rings is 1. The summed E-state index contributed by atoms with van der Waals surface area (Å²) in [7, 11) is 1.67. The number of aromatic nitrogens is 3. The minimum Gasteiger partial charge on any atom is -0.480 e. The molecule has 9 nitrogen and oxygen atoms in total. The molecule has 1 aromatic heterocycles. The summed E-state index contributed by atoms with van der Waals surface area (Å²) in [5, 5.41) is 14.8. The van der Waals surface area contributed by atoms with Gasteiger partial charge < -0.3 is 14.5 Å². The lowest BCUT2D eigenvalue weighted by atomic mass is 9.87. The third kappa shape index (κ3) is 4.50. The molecule has 0 amide bonds. The minimum absolute atomic E-state index is 0.0499. The Morgan fingerprint density at radius 3 is 2.70 bits per heavy atom. The van der Waals surface area contributed by atoms with Gasteiger partial charge in [0.1, 0.15) is 5.82 Å². The zero-order valence-electron chi connectivity index (χ0n) is 21.7. The van der Waals surface area contributed by atoms with E-state index in [1.165, 1.54) is 24.9 Å². The van der Waals surface area contributed by atoms with Crippen molar-refractivity contribution in [3.63, 3.8) is 0 Å². The molecule has 5 heterocycles. The maximum absolute atomic E-state index is 9.94. The lowest BCUT2D eigenvalue weighted by Crippen LogP contribution is -2.29. The van der Waals surface area contributed by atoms with Gasteiger partial charge >= 0.3 is 0 Å². The second kappa shape index (κ2) is 10.0. The lowest BCUT2D eigenvalue weighted by molar-refractivity contribution is 0.267. The number of anilines is 1. The van der Waals surface area contributed by atoms with E-state index < -0.39 is 0 Å². The Morgan fingerprint density at radius 1 is 1.08 bits per heavy atom. The summed E-state index contributed by atoms with van der Waals surface area (Å²) in [5.41, 5.74) is 4.93. The highest BCUT2D eigenvalue weighted by molar-refractivity contribution is 5.98. The van der Waals surface area contributed by atoms with E-state index in [0.29, 0.717) is 11.7 Å². The van der Waals surface area contributed by atoms with Gasteiger partial charge in [-0.3, -0.25) is 4.99 Å². The third-order valence-electron chi connectivity index (χ3n) is 7.93. The molecule has 1 aromatic carbocycles. The molecule has 0 radical (unpaired) electrons. The predicted octanol–water partition coefficient (Wildman–Crippen LogP) is 4.20. The first kappa shape index (κ1) is 23.7. The molecule has 1 saturated heterocycles. The number of methoxy groups -OCH3 is 1. The molecule has 2 aromatic rings. The minimum atomic E-state index is 0.0499. The van der Waals surface area contributed by atoms with Gasteiger partial charge in [-0.25, -0.2) is 14.7 Å². The van der Waals surface area contributed by atoms with Crippen LogP contribution in [0.1, 0.15) is 80.6 Å². The Balaban J connectivity index is 1.33. The number of piperidine rings is 1. The van der Waals surface area contributed by atoms with Crippen LogP contribution in [-0.2, 0) is 11.3 Å². The van der Waals surface area contributed by atoms with E-state index in [1.807, 2.05) is 17.1 Å². The van der Waals surface area contributed by atoms with Gasteiger partial charge in [0, 0.05) is 37.8 Å².